The second-order valence-corrected chi connectivity index (χ2v) is 9.39. The fourth-order valence-corrected chi connectivity index (χ4v) is 4.95. The van der Waals surface area contributed by atoms with Gasteiger partial charge in [-0.15, -0.1) is 4.59 Å². The number of ether oxygens (including phenoxy) is 1. The third kappa shape index (κ3) is 5.05. The Morgan fingerprint density at radius 1 is 1.21 bits per heavy atom. The van der Waals surface area contributed by atoms with Crippen molar-refractivity contribution >= 4 is 17.4 Å². The van der Waals surface area contributed by atoms with Crippen LogP contribution >= 0.6 is 0 Å². The number of rotatable bonds is 8. The third-order valence-electron chi connectivity index (χ3n) is 6.89. The van der Waals surface area contributed by atoms with E-state index < -0.39 is 17.7 Å². The number of halogens is 2. The second kappa shape index (κ2) is 10.8. The molecule has 1 unspecified atom stereocenters. The summed E-state index contributed by atoms with van der Waals surface area (Å²) in [4.78, 5) is 19.4. The van der Waals surface area contributed by atoms with Gasteiger partial charge >= 0.3 is 6.03 Å². The number of benzene rings is 1. The van der Waals surface area contributed by atoms with Gasteiger partial charge < -0.3 is 10.1 Å². The number of carbonyl (C=O) groups is 1. The number of amides is 2. The summed E-state index contributed by atoms with van der Waals surface area (Å²) in [6, 6.07) is 9.59. The standard InChI is InChI=1S/C26H28F2N8O2/c1-36(20-6-4-3-5-7-20)25(23(28)24(34-36)18-12-30-31-13-18)33-26(37)32-22-16-35(8-9-38-2)15-21(22)17-10-19(27)14-29-11-17/h3-7,10-14,21-22H,8-9,15-16H2,1-2H3,(H2-,30,31,32,33,34,37)/p+1/t21-,22+,36?/m0/s1. The van der Waals surface area contributed by atoms with Gasteiger partial charge in [0.1, 0.15) is 12.9 Å². The number of aromatic amines is 1. The molecule has 0 aliphatic carbocycles. The van der Waals surface area contributed by atoms with Gasteiger partial charge in [0.15, 0.2) is 11.4 Å². The van der Waals surface area contributed by atoms with E-state index >= 15 is 4.39 Å². The summed E-state index contributed by atoms with van der Waals surface area (Å²) in [5, 5.41) is 16.9. The molecule has 0 radical (unpaired) electrons. The molecule has 2 aliphatic rings. The van der Waals surface area contributed by atoms with Gasteiger partial charge in [0.2, 0.25) is 5.83 Å². The number of urea groups is 1. The monoisotopic (exact) mass is 523 g/mol. The van der Waals surface area contributed by atoms with Crippen molar-refractivity contribution in [2.75, 3.05) is 40.4 Å². The Labute approximate surface area is 218 Å². The number of quaternary nitrogens is 1. The Balaban J connectivity index is 1.40. The number of methoxy groups -OCH3 is 1. The van der Waals surface area contributed by atoms with Crippen LogP contribution in [-0.2, 0) is 4.74 Å². The second-order valence-electron chi connectivity index (χ2n) is 9.39. The van der Waals surface area contributed by atoms with Crippen LogP contribution in [0.15, 0.2) is 77.9 Å². The Morgan fingerprint density at radius 3 is 2.74 bits per heavy atom. The zero-order valence-corrected chi connectivity index (χ0v) is 21.1. The van der Waals surface area contributed by atoms with Crippen molar-refractivity contribution in [2.24, 2.45) is 5.10 Å². The summed E-state index contributed by atoms with van der Waals surface area (Å²) in [6.45, 7) is 2.27. The molecule has 10 nitrogen and oxygen atoms in total. The van der Waals surface area contributed by atoms with Crippen molar-refractivity contribution in [3.05, 3.63) is 89.8 Å². The highest BCUT2D eigenvalue weighted by Crippen LogP contribution is 2.35. The van der Waals surface area contributed by atoms with Crippen LogP contribution in [0.5, 0.6) is 0 Å². The minimum Gasteiger partial charge on any atom is -0.383 e. The van der Waals surface area contributed by atoms with Crippen molar-refractivity contribution in [2.45, 2.75) is 12.0 Å². The van der Waals surface area contributed by atoms with Gasteiger partial charge in [0.05, 0.1) is 25.0 Å². The first-order valence-electron chi connectivity index (χ1n) is 12.2. The number of allylic oxidation sites excluding steroid dienone is 1. The third-order valence-corrected chi connectivity index (χ3v) is 6.89. The van der Waals surface area contributed by atoms with E-state index in [1.165, 1.54) is 12.3 Å². The van der Waals surface area contributed by atoms with E-state index in [0.717, 1.165) is 6.20 Å². The Morgan fingerprint density at radius 2 is 2.03 bits per heavy atom. The molecule has 1 aromatic carbocycles. The van der Waals surface area contributed by atoms with Crippen molar-refractivity contribution in [3.63, 3.8) is 0 Å². The van der Waals surface area contributed by atoms with Gasteiger partial charge in [-0.05, 0) is 11.6 Å². The van der Waals surface area contributed by atoms with Crippen molar-refractivity contribution in [1.82, 2.24) is 35.3 Å². The van der Waals surface area contributed by atoms with Crippen LogP contribution in [0, 0.1) is 5.82 Å². The topological polar surface area (TPSA) is 108 Å². The van der Waals surface area contributed by atoms with Crippen molar-refractivity contribution in [1.29, 1.82) is 0 Å². The first-order chi connectivity index (χ1) is 18.4. The summed E-state index contributed by atoms with van der Waals surface area (Å²) in [6.07, 6.45) is 5.77. The maximum atomic E-state index is 15.8. The number of hydrogen-bond acceptors (Lipinski definition) is 6. The summed E-state index contributed by atoms with van der Waals surface area (Å²) in [5.41, 5.74) is 1.88. The smallest absolute Gasteiger partial charge is 0.323 e. The van der Waals surface area contributed by atoms with Gasteiger partial charge in [-0.1, -0.05) is 23.3 Å². The molecule has 1 saturated heterocycles. The van der Waals surface area contributed by atoms with Gasteiger partial charge in [-0.3, -0.25) is 20.3 Å². The van der Waals surface area contributed by atoms with Crippen LogP contribution in [0.1, 0.15) is 17.0 Å². The molecule has 2 aliphatic heterocycles. The van der Waals surface area contributed by atoms with Gasteiger partial charge in [0.25, 0.3) is 5.82 Å². The average molecular weight is 524 g/mol. The molecule has 3 N–H and O–H groups in total. The number of carbonyl (C=O) groups excluding carboxylic acids is 1. The molecule has 38 heavy (non-hydrogen) atoms. The normalized spacial score (nSPS) is 23.5. The van der Waals surface area contributed by atoms with Crippen LogP contribution in [0.3, 0.4) is 0 Å². The molecule has 3 aromatic rings. The number of pyridine rings is 1. The molecule has 3 atom stereocenters. The molecule has 0 saturated carbocycles. The number of nitrogens with zero attached hydrogens (tertiary/aromatic N) is 5. The lowest BCUT2D eigenvalue weighted by molar-refractivity contribution is 0.159. The SMILES string of the molecule is COCCN1C[C@@H](NC(=O)NC2=C(F)C(c3cn[nH]c3)=N[N+]2(C)c2ccccc2)[C@H](c2cncc(F)c2)C1. The number of likely N-dealkylation sites (tertiary alicyclic amines) is 1. The molecular weight excluding hydrogens is 494 g/mol. The largest absolute Gasteiger partial charge is 0.383 e. The van der Waals surface area contributed by atoms with Gasteiger partial charge in [-0.2, -0.15) is 9.49 Å². The summed E-state index contributed by atoms with van der Waals surface area (Å²) >= 11 is 0. The molecule has 1 fully saturated rings. The van der Waals surface area contributed by atoms with E-state index in [9.17, 15) is 9.18 Å². The zero-order chi connectivity index (χ0) is 26.7. The molecule has 2 amide bonds. The zero-order valence-electron chi connectivity index (χ0n) is 21.1. The number of aromatic nitrogens is 3. The van der Waals surface area contributed by atoms with Crippen molar-refractivity contribution < 1.29 is 18.3 Å². The Bertz CT molecular complexity index is 1350. The van der Waals surface area contributed by atoms with E-state index in [-0.39, 0.29) is 28.1 Å². The van der Waals surface area contributed by atoms with Crippen LogP contribution in [0.4, 0.5) is 19.3 Å². The van der Waals surface area contributed by atoms with E-state index in [2.05, 4.69) is 35.8 Å². The van der Waals surface area contributed by atoms with Gasteiger partial charge in [0, 0.05) is 62.8 Å². The fraction of sp³-hybridized carbons (Fsp3) is 0.308. The van der Waals surface area contributed by atoms with Crippen molar-refractivity contribution in [3.8, 4) is 0 Å². The van der Waals surface area contributed by atoms with Crippen LogP contribution in [-0.4, -0.2) is 78.3 Å². The van der Waals surface area contributed by atoms with E-state index in [1.54, 1.807) is 26.6 Å². The lowest BCUT2D eigenvalue weighted by Gasteiger charge is -2.26. The first kappa shape index (κ1) is 25.6. The first-order valence-corrected chi connectivity index (χ1v) is 12.2. The minimum absolute atomic E-state index is 0.0249. The average Bonchev–Trinajstić information content (AvgIpc) is 3.64. The summed E-state index contributed by atoms with van der Waals surface area (Å²) in [7, 11) is 3.32. The molecule has 198 valence electrons. The highest BCUT2D eigenvalue weighted by Gasteiger charge is 2.45. The lowest BCUT2D eigenvalue weighted by atomic mass is 9.96. The minimum atomic E-state index is -0.660. The summed E-state index contributed by atoms with van der Waals surface area (Å²) in [5.74, 6) is -1.34. The fourth-order valence-electron chi connectivity index (χ4n) is 4.95. The highest BCUT2D eigenvalue weighted by molar-refractivity contribution is 6.13. The van der Waals surface area contributed by atoms with Crippen LogP contribution in [0.2, 0.25) is 0 Å². The van der Waals surface area contributed by atoms with Gasteiger partial charge in [-0.25, -0.2) is 9.18 Å². The number of H-pyrrole nitrogens is 1. The molecule has 0 bridgehead atoms. The molecule has 0 spiro atoms. The van der Waals surface area contributed by atoms with E-state index in [4.69, 9.17) is 4.74 Å². The predicted molar refractivity (Wildman–Crippen MR) is 138 cm³/mol. The molecular formula is C26H29F2N8O2+. The predicted octanol–water partition coefficient (Wildman–Crippen LogP) is 2.85. The van der Waals surface area contributed by atoms with Crippen LogP contribution < -0.4 is 15.2 Å². The van der Waals surface area contributed by atoms with Crippen LogP contribution in [0.25, 0.3) is 0 Å². The summed E-state index contributed by atoms with van der Waals surface area (Å²) < 4.78 is 34.7. The Hall–Kier alpha value is -4.00. The maximum absolute atomic E-state index is 15.8. The Kier molecular flexibility index (Phi) is 7.27. The number of para-hydroxylation sites is 1. The molecule has 4 heterocycles. The molecule has 5 rings (SSSR count). The molecule has 2 aromatic heterocycles. The highest BCUT2D eigenvalue weighted by atomic mass is 19.1. The number of nitrogens with one attached hydrogen (secondary N) is 3. The maximum Gasteiger partial charge on any atom is 0.323 e. The van der Waals surface area contributed by atoms with E-state index in [0.29, 0.717) is 43.1 Å². The molecule has 12 heteroatoms. The lowest BCUT2D eigenvalue weighted by Crippen LogP contribution is -2.50. The quantitative estimate of drug-likeness (QED) is 0.394. The number of hydrogen-bond donors (Lipinski definition) is 3. The van der Waals surface area contributed by atoms with E-state index in [1.807, 2.05) is 30.3 Å².